The Hall–Kier alpha value is -4.43. The highest BCUT2D eigenvalue weighted by Crippen LogP contribution is 2.22. The molecule has 5 amide bonds. The molecule has 6 N–H and O–H groups in total. The largest absolute Gasteiger partial charge is 0.508 e. The van der Waals surface area contributed by atoms with Crippen molar-refractivity contribution < 1.29 is 44.2 Å². The molecule has 194 valence electrons. The molecule has 0 unspecified atom stereocenters. The number of phenolic OH excluding ortho intramolecular Hbond substituents is 1. The zero-order valence-corrected chi connectivity index (χ0v) is 19.7. The van der Waals surface area contributed by atoms with Crippen LogP contribution in [0.5, 0.6) is 5.75 Å². The average molecular weight is 512 g/mol. The van der Waals surface area contributed by atoms with Gasteiger partial charge in [-0.05, 0) is 42.3 Å². The van der Waals surface area contributed by atoms with E-state index < -0.39 is 48.8 Å². The van der Waals surface area contributed by atoms with Crippen molar-refractivity contribution in [1.82, 2.24) is 20.4 Å². The van der Waals surface area contributed by atoms with Gasteiger partial charge in [-0.1, -0.05) is 24.3 Å². The number of benzene rings is 2. The van der Waals surface area contributed by atoms with Crippen LogP contribution in [-0.4, -0.2) is 86.5 Å². The number of hydrogen-bond donors (Lipinski definition) is 6. The van der Waals surface area contributed by atoms with E-state index in [1.165, 1.54) is 47.4 Å². The number of carboxylic acids is 1. The molecule has 3 rings (SSSR count). The number of piperazine rings is 1. The lowest BCUT2D eigenvalue weighted by molar-refractivity contribution is -0.153. The highest BCUT2D eigenvalue weighted by Gasteiger charge is 2.38. The zero-order valence-electron chi connectivity index (χ0n) is 19.7. The van der Waals surface area contributed by atoms with Gasteiger partial charge in [0.1, 0.15) is 11.8 Å². The predicted molar refractivity (Wildman–Crippen MR) is 128 cm³/mol. The molecule has 1 aliphatic heterocycles. The zero-order chi connectivity index (χ0) is 27.3. The van der Waals surface area contributed by atoms with Gasteiger partial charge in [0.25, 0.3) is 0 Å². The van der Waals surface area contributed by atoms with Crippen LogP contribution in [0.15, 0.2) is 48.5 Å². The van der Waals surface area contributed by atoms with E-state index in [2.05, 4.69) is 10.6 Å². The number of rotatable bonds is 8. The van der Waals surface area contributed by atoms with Gasteiger partial charge in [0.05, 0.1) is 11.5 Å². The van der Waals surface area contributed by atoms with E-state index >= 15 is 0 Å². The maximum absolute atomic E-state index is 13.3. The Morgan fingerprint density at radius 1 is 0.973 bits per heavy atom. The molecule has 0 radical (unpaired) electrons. The van der Waals surface area contributed by atoms with Gasteiger partial charge in [-0.2, -0.15) is 0 Å². The van der Waals surface area contributed by atoms with E-state index in [1.54, 1.807) is 6.92 Å². The number of urea groups is 1. The fourth-order valence-electron chi connectivity index (χ4n) is 3.77. The molecule has 1 heterocycles. The molecule has 0 aliphatic carbocycles. The molecule has 0 aromatic heterocycles. The summed E-state index contributed by atoms with van der Waals surface area (Å²) in [5.74, 6) is -5.75. The second-order valence-electron chi connectivity index (χ2n) is 8.15. The summed E-state index contributed by atoms with van der Waals surface area (Å²) in [5.41, 5.74) is 0.0748. The van der Waals surface area contributed by atoms with Crippen molar-refractivity contribution in [1.29, 1.82) is 0 Å². The standard InChI is InChI=1S/C23H25BN4O9/c1-2-27-10-11-28(21(32)20(27)31)23(35)25-17(13-6-8-16(29)9-7-13)19(30)26-18(24(36)37)14-4-3-5-15(12-14)22(33)34/h3-9,12,17-18,29,36-37H,2,10-11H2,1H3,(H,25,35)(H,26,30)(H,33,34)/t17-,18+/m1/s1. The van der Waals surface area contributed by atoms with Crippen LogP contribution < -0.4 is 10.6 Å². The Kier molecular flexibility index (Phi) is 8.47. The molecule has 0 spiro atoms. The Bertz CT molecular complexity index is 1200. The quantitative estimate of drug-likeness (QED) is 0.198. The Labute approximate surface area is 211 Å². The van der Waals surface area contributed by atoms with Gasteiger partial charge in [0.15, 0.2) is 0 Å². The number of carbonyl (C=O) groups excluding carboxylic acids is 4. The second-order valence-corrected chi connectivity index (χ2v) is 8.15. The molecule has 2 aromatic rings. The summed E-state index contributed by atoms with van der Waals surface area (Å²) in [4.78, 5) is 64.1. The number of carbonyl (C=O) groups is 5. The minimum absolute atomic E-state index is 0.0653. The van der Waals surface area contributed by atoms with Crippen LogP contribution in [0, 0.1) is 0 Å². The van der Waals surface area contributed by atoms with E-state index in [-0.39, 0.29) is 42.1 Å². The highest BCUT2D eigenvalue weighted by atomic mass is 16.4. The topological polar surface area (TPSA) is 197 Å². The van der Waals surface area contributed by atoms with Gasteiger partial charge in [-0.25, -0.2) is 9.59 Å². The summed E-state index contributed by atoms with van der Waals surface area (Å²) in [5, 5.41) is 43.4. The van der Waals surface area contributed by atoms with E-state index in [1.807, 2.05) is 0 Å². The van der Waals surface area contributed by atoms with E-state index in [9.17, 15) is 44.2 Å². The molecule has 1 saturated heterocycles. The predicted octanol–water partition coefficient (Wildman–Crippen LogP) is -0.599. The molecule has 13 nitrogen and oxygen atoms in total. The number of carboxylic acid groups (broad SMARTS) is 1. The first kappa shape index (κ1) is 27.2. The molecule has 0 bridgehead atoms. The molecular weight excluding hydrogens is 487 g/mol. The van der Waals surface area contributed by atoms with Gasteiger partial charge >= 0.3 is 30.9 Å². The van der Waals surface area contributed by atoms with Crippen LogP contribution in [0.3, 0.4) is 0 Å². The lowest BCUT2D eigenvalue weighted by Gasteiger charge is -2.33. The maximum atomic E-state index is 13.3. The van der Waals surface area contributed by atoms with Crippen molar-refractivity contribution >= 4 is 36.8 Å². The second kappa shape index (κ2) is 11.5. The molecule has 1 aliphatic rings. The van der Waals surface area contributed by atoms with Crippen molar-refractivity contribution in [3.05, 3.63) is 65.2 Å². The van der Waals surface area contributed by atoms with Gasteiger partial charge in [0.2, 0.25) is 5.91 Å². The third-order valence-electron chi connectivity index (χ3n) is 5.78. The van der Waals surface area contributed by atoms with Crippen molar-refractivity contribution in [3.63, 3.8) is 0 Å². The first-order valence-electron chi connectivity index (χ1n) is 11.2. The fourth-order valence-corrected chi connectivity index (χ4v) is 3.77. The van der Waals surface area contributed by atoms with Crippen LogP contribution in [0.4, 0.5) is 4.79 Å². The van der Waals surface area contributed by atoms with Gasteiger partial charge < -0.3 is 35.8 Å². The van der Waals surface area contributed by atoms with Crippen LogP contribution in [0.1, 0.15) is 40.4 Å². The van der Waals surface area contributed by atoms with Crippen molar-refractivity contribution in [2.45, 2.75) is 18.9 Å². The monoisotopic (exact) mass is 512 g/mol. The number of phenols is 1. The number of amides is 5. The van der Waals surface area contributed by atoms with E-state index in [4.69, 9.17) is 0 Å². The van der Waals surface area contributed by atoms with Crippen LogP contribution in [0.25, 0.3) is 0 Å². The normalized spacial score (nSPS) is 15.1. The average Bonchev–Trinajstić information content (AvgIpc) is 2.87. The summed E-state index contributed by atoms with van der Waals surface area (Å²) in [6.07, 6.45) is 0. The Morgan fingerprint density at radius 3 is 2.24 bits per heavy atom. The van der Waals surface area contributed by atoms with E-state index in [0.29, 0.717) is 4.90 Å². The van der Waals surface area contributed by atoms with E-state index in [0.717, 1.165) is 6.07 Å². The molecule has 2 atom stereocenters. The summed E-state index contributed by atoms with van der Waals surface area (Å²) < 4.78 is 0. The van der Waals surface area contributed by atoms with Crippen molar-refractivity contribution in [3.8, 4) is 5.75 Å². The van der Waals surface area contributed by atoms with Gasteiger partial charge in [-0.15, -0.1) is 0 Å². The van der Waals surface area contributed by atoms with Crippen molar-refractivity contribution in [2.75, 3.05) is 19.6 Å². The minimum atomic E-state index is -2.15. The number of aromatic hydroxyl groups is 1. The summed E-state index contributed by atoms with van der Waals surface area (Å²) in [7, 11) is -2.15. The summed E-state index contributed by atoms with van der Waals surface area (Å²) in [6.45, 7) is 1.98. The molecular formula is C23H25BN4O9. The molecule has 2 aromatic carbocycles. The highest BCUT2D eigenvalue weighted by molar-refractivity contribution is 6.43. The third-order valence-corrected chi connectivity index (χ3v) is 5.78. The molecule has 14 heteroatoms. The number of aromatic carboxylic acids is 1. The van der Waals surface area contributed by atoms with Gasteiger partial charge in [-0.3, -0.25) is 19.3 Å². The number of hydrogen-bond acceptors (Lipinski definition) is 8. The SMILES string of the molecule is CCN1CCN(C(=O)N[C@@H](C(=O)N[C@H](B(O)O)c2cccc(C(=O)O)c2)c2ccc(O)cc2)C(=O)C1=O. The molecule has 0 saturated carbocycles. The van der Waals surface area contributed by atoms with Crippen LogP contribution in [0.2, 0.25) is 0 Å². The number of imide groups is 1. The smallest absolute Gasteiger partial charge is 0.480 e. The summed E-state index contributed by atoms with van der Waals surface area (Å²) in [6, 6.07) is 7.81. The summed E-state index contributed by atoms with van der Waals surface area (Å²) >= 11 is 0. The van der Waals surface area contributed by atoms with Gasteiger partial charge in [0, 0.05) is 19.6 Å². The number of nitrogens with zero attached hydrogens (tertiary/aromatic N) is 2. The lowest BCUT2D eigenvalue weighted by atomic mass is 9.74. The number of likely N-dealkylation sites (N-methyl/N-ethyl adjacent to an activating group) is 1. The lowest BCUT2D eigenvalue weighted by Crippen LogP contribution is -2.59. The minimum Gasteiger partial charge on any atom is -0.508 e. The Morgan fingerprint density at radius 2 is 1.65 bits per heavy atom. The first-order chi connectivity index (χ1) is 17.5. The Balaban J connectivity index is 1.88. The van der Waals surface area contributed by atoms with Crippen LogP contribution >= 0.6 is 0 Å². The van der Waals surface area contributed by atoms with Crippen molar-refractivity contribution in [2.24, 2.45) is 0 Å². The van der Waals surface area contributed by atoms with Crippen LogP contribution in [-0.2, 0) is 14.4 Å². The molecule has 1 fully saturated rings. The molecule has 37 heavy (non-hydrogen) atoms. The fraction of sp³-hybridized carbons (Fsp3) is 0.261. The first-order valence-corrected chi connectivity index (χ1v) is 11.2. The third kappa shape index (κ3) is 6.23. The maximum Gasteiger partial charge on any atom is 0.480 e. The number of nitrogens with one attached hydrogen (secondary N) is 2.